The molecule has 0 heterocycles. The Morgan fingerprint density at radius 1 is 1.46 bits per heavy atom. The van der Waals surface area contributed by atoms with Gasteiger partial charge in [0.1, 0.15) is 11.9 Å². The number of hydrogen-bond acceptors (Lipinski definition) is 2. The average molecular weight is 244 g/mol. The smallest absolute Gasteiger partial charge is 0.133 e. The summed E-state index contributed by atoms with van der Waals surface area (Å²) >= 11 is 3.42. The first-order valence-electron chi connectivity index (χ1n) is 4.39. The topological polar surface area (TPSA) is 35.2 Å². The molecule has 1 unspecified atom stereocenters. The van der Waals surface area contributed by atoms with Crippen LogP contribution in [0.15, 0.2) is 28.7 Å². The highest BCUT2D eigenvalue weighted by Gasteiger charge is 2.06. The molecule has 0 saturated carbocycles. The zero-order chi connectivity index (χ0) is 9.68. The summed E-state index contributed by atoms with van der Waals surface area (Å²) in [5.74, 6) is 0.861. The standard InChI is InChI=1S/C10H14BrNO/c1-2-8(7-12)13-10-6-4-3-5-9(10)11/h3-6,8H,2,7,12H2,1H3. The van der Waals surface area contributed by atoms with Crippen LogP contribution < -0.4 is 10.5 Å². The predicted molar refractivity (Wildman–Crippen MR) is 57.9 cm³/mol. The van der Waals surface area contributed by atoms with Gasteiger partial charge >= 0.3 is 0 Å². The molecule has 72 valence electrons. The van der Waals surface area contributed by atoms with Crippen LogP contribution in [0, 0.1) is 0 Å². The van der Waals surface area contributed by atoms with Crippen molar-refractivity contribution in [3.63, 3.8) is 0 Å². The molecule has 0 aliphatic carbocycles. The third-order valence-corrected chi connectivity index (χ3v) is 2.50. The summed E-state index contributed by atoms with van der Waals surface area (Å²) in [7, 11) is 0. The monoisotopic (exact) mass is 243 g/mol. The number of hydrogen-bond donors (Lipinski definition) is 1. The van der Waals surface area contributed by atoms with Gasteiger partial charge in [0.15, 0.2) is 0 Å². The van der Waals surface area contributed by atoms with E-state index in [1.807, 2.05) is 24.3 Å². The second kappa shape index (κ2) is 5.25. The minimum atomic E-state index is 0.110. The number of ether oxygens (including phenoxy) is 1. The van der Waals surface area contributed by atoms with E-state index in [0.29, 0.717) is 6.54 Å². The van der Waals surface area contributed by atoms with Crippen molar-refractivity contribution in [1.82, 2.24) is 0 Å². The lowest BCUT2D eigenvalue weighted by Crippen LogP contribution is -2.25. The first-order chi connectivity index (χ1) is 6.27. The third-order valence-electron chi connectivity index (χ3n) is 1.85. The van der Waals surface area contributed by atoms with Crippen LogP contribution in [0.2, 0.25) is 0 Å². The van der Waals surface area contributed by atoms with Crippen LogP contribution in [-0.4, -0.2) is 12.6 Å². The van der Waals surface area contributed by atoms with Gasteiger partial charge in [-0.3, -0.25) is 0 Å². The molecule has 0 aromatic heterocycles. The van der Waals surface area contributed by atoms with E-state index in [1.54, 1.807) is 0 Å². The summed E-state index contributed by atoms with van der Waals surface area (Å²) in [6, 6.07) is 7.80. The molecule has 3 heteroatoms. The van der Waals surface area contributed by atoms with Gasteiger partial charge in [0.25, 0.3) is 0 Å². The van der Waals surface area contributed by atoms with Crippen LogP contribution in [0.1, 0.15) is 13.3 Å². The second-order valence-corrected chi connectivity index (χ2v) is 3.67. The van der Waals surface area contributed by atoms with Crippen LogP contribution in [0.5, 0.6) is 5.75 Å². The van der Waals surface area contributed by atoms with Crippen molar-refractivity contribution < 1.29 is 4.74 Å². The molecule has 0 amide bonds. The van der Waals surface area contributed by atoms with Gasteiger partial charge < -0.3 is 10.5 Å². The number of halogens is 1. The molecule has 13 heavy (non-hydrogen) atoms. The van der Waals surface area contributed by atoms with Crippen molar-refractivity contribution in [1.29, 1.82) is 0 Å². The van der Waals surface area contributed by atoms with Crippen LogP contribution in [-0.2, 0) is 0 Å². The van der Waals surface area contributed by atoms with Crippen molar-refractivity contribution in [2.45, 2.75) is 19.4 Å². The normalized spacial score (nSPS) is 12.5. The molecular formula is C10H14BrNO. The van der Waals surface area contributed by atoms with E-state index in [9.17, 15) is 0 Å². The molecule has 1 aromatic carbocycles. The number of rotatable bonds is 4. The Hall–Kier alpha value is -0.540. The Bertz CT molecular complexity index is 261. The molecule has 0 aliphatic heterocycles. The van der Waals surface area contributed by atoms with Crippen molar-refractivity contribution in [3.8, 4) is 5.75 Å². The summed E-state index contributed by atoms with van der Waals surface area (Å²) in [4.78, 5) is 0. The van der Waals surface area contributed by atoms with E-state index < -0.39 is 0 Å². The maximum absolute atomic E-state index is 5.67. The van der Waals surface area contributed by atoms with E-state index in [-0.39, 0.29) is 6.10 Å². The van der Waals surface area contributed by atoms with Crippen molar-refractivity contribution >= 4 is 15.9 Å². The minimum Gasteiger partial charge on any atom is -0.488 e. The van der Waals surface area contributed by atoms with E-state index >= 15 is 0 Å². The highest BCUT2D eigenvalue weighted by atomic mass is 79.9. The highest BCUT2D eigenvalue weighted by molar-refractivity contribution is 9.10. The summed E-state index contributed by atoms with van der Waals surface area (Å²) in [6.07, 6.45) is 1.04. The van der Waals surface area contributed by atoms with Gasteiger partial charge in [-0.25, -0.2) is 0 Å². The first-order valence-corrected chi connectivity index (χ1v) is 5.18. The Balaban J connectivity index is 2.67. The highest BCUT2D eigenvalue weighted by Crippen LogP contribution is 2.24. The maximum atomic E-state index is 5.67. The number of benzene rings is 1. The predicted octanol–water partition coefficient (Wildman–Crippen LogP) is 2.57. The summed E-state index contributed by atoms with van der Waals surface area (Å²) in [5, 5.41) is 0. The second-order valence-electron chi connectivity index (χ2n) is 2.81. The summed E-state index contributed by atoms with van der Waals surface area (Å²) in [5.41, 5.74) is 5.54. The lowest BCUT2D eigenvalue weighted by molar-refractivity contribution is 0.204. The van der Waals surface area contributed by atoms with Crippen LogP contribution in [0.25, 0.3) is 0 Å². The fourth-order valence-electron chi connectivity index (χ4n) is 1.02. The van der Waals surface area contributed by atoms with E-state index in [2.05, 4.69) is 22.9 Å². The fourth-order valence-corrected chi connectivity index (χ4v) is 1.40. The van der Waals surface area contributed by atoms with Gasteiger partial charge in [-0.1, -0.05) is 19.1 Å². The molecule has 0 saturated heterocycles. The van der Waals surface area contributed by atoms with Crippen LogP contribution in [0.3, 0.4) is 0 Å². The average Bonchev–Trinajstić information content (AvgIpc) is 2.17. The quantitative estimate of drug-likeness (QED) is 0.883. The van der Waals surface area contributed by atoms with Gasteiger partial charge in [0.2, 0.25) is 0 Å². The number of nitrogens with two attached hydrogens (primary N) is 1. The molecule has 0 spiro atoms. The molecule has 0 fully saturated rings. The van der Waals surface area contributed by atoms with Gasteiger partial charge in [0.05, 0.1) is 4.47 Å². The fraction of sp³-hybridized carbons (Fsp3) is 0.400. The molecule has 0 aliphatic rings. The third kappa shape index (κ3) is 3.01. The van der Waals surface area contributed by atoms with Crippen molar-refractivity contribution in [3.05, 3.63) is 28.7 Å². The largest absolute Gasteiger partial charge is 0.488 e. The summed E-state index contributed by atoms with van der Waals surface area (Å²) < 4.78 is 6.65. The molecule has 2 nitrogen and oxygen atoms in total. The van der Waals surface area contributed by atoms with E-state index in [0.717, 1.165) is 16.6 Å². The number of para-hydroxylation sites is 1. The lowest BCUT2D eigenvalue weighted by atomic mass is 10.2. The molecular weight excluding hydrogens is 230 g/mol. The van der Waals surface area contributed by atoms with Gasteiger partial charge in [-0.2, -0.15) is 0 Å². The molecule has 2 N–H and O–H groups in total. The Kier molecular flexibility index (Phi) is 4.25. The molecule has 0 radical (unpaired) electrons. The van der Waals surface area contributed by atoms with Gasteiger partial charge in [-0.05, 0) is 34.5 Å². The summed E-state index contributed by atoms with van der Waals surface area (Å²) in [6.45, 7) is 2.62. The first kappa shape index (κ1) is 10.5. The Morgan fingerprint density at radius 2 is 2.15 bits per heavy atom. The molecule has 1 atom stereocenters. The SMILES string of the molecule is CCC(CN)Oc1ccccc1Br. The van der Waals surface area contributed by atoms with Gasteiger partial charge in [0, 0.05) is 6.54 Å². The van der Waals surface area contributed by atoms with Crippen LogP contribution >= 0.6 is 15.9 Å². The van der Waals surface area contributed by atoms with Crippen molar-refractivity contribution in [2.75, 3.05) is 6.54 Å². The van der Waals surface area contributed by atoms with E-state index in [4.69, 9.17) is 10.5 Å². The van der Waals surface area contributed by atoms with Crippen LogP contribution in [0.4, 0.5) is 0 Å². The zero-order valence-electron chi connectivity index (χ0n) is 7.66. The van der Waals surface area contributed by atoms with E-state index in [1.165, 1.54) is 0 Å². The molecule has 0 bridgehead atoms. The minimum absolute atomic E-state index is 0.110. The Labute approximate surface area is 87.2 Å². The molecule has 1 rings (SSSR count). The zero-order valence-corrected chi connectivity index (χ0v) is 9.25. The van der Waals surface area contributed by atoms with Crippen molar-refractivity contribution in [2.24, 2.45) is 5.73 Å². The lowest BCUT2D eigenvalue weighted by Gasteiger charge is -2.16. The maximum Gasteiger partial charge on any atom is 0.133 e. The Morgan fingerprint density at radius 3 is 2.69 bits per heavy atom. The molecule has 1 aromatic rings. The van der Waals surface area contributed by atoms with Gasteiger partial charge in [-0.15, -0.1) is 0 Å².